The Bertz CT molecular complexity index is 1420. The van der Waals surface area contributed by atoms with Gasteiger partial charge in [0.2, 0.25) is 6.79 Å². The van der Waals surface area contributed by atoms with Crippen molar-refractivity contribution < 1.29 is 33.3 Å². The standard InChI is InChI=1S/C26H22BrClN4O7/c1-36-22-10-16(8-19(27)24(22)37-13-23(33)31-18-5-3-17(28)4-6-18)12-30-32-26(35)25(34)29-11-15-2-7-20-21(9-15)39-14-38-20/h2-10,12H,11,13-14H2,1H3,(H,29,34)(H,31,33)(H,32,35)/b30-12-. The number of hydrazone groups is 1. The van der Waals surface area contributed by atoms with Crippen molar-refractivity contribution in [3.8, 4) is 23.0 Å². The minimum atomic E-state index is -0.940. The molecule has 11 nitrogen and oxygen atoms in total. The fourth-order valence-electron chi connectivity index (χ4n) is 3.35. The number of rotatable bonds is 9. The highest BCUT2D eigenvalue weighted by Gasteiger charge is 2.16. The summed E-state index contributed by atoms with van der Waals surface area (Å²) in [5, 5.41) is 9.59. The SMILES string of the molecule is COc1cc(/C=N\NC(=O)C(=O)NCc2ccc3c(c2)OCO3)cc(Br)c1OCC(=O)Nc1ccc(Cl)cc1. The number of halogens is 2. The molecule has 3 aromatic carbocycles. The number of methoxy groups -OCH3 is 1. The second-order valence-electron chi connectivity index (χ2n) is 7.95. The molecule has 3 aromatic rings. The molecule has 0 aromatic heterocycles. The maximum Gasteiger partial charge on any atom is 0.329 e. The highest BCUT2D eigenvalue weighted by molar-refractivity contribution is 9.10. The molecule has 0 unspecified atom stereocenters. The molecule has 0 saturated carbocycles. The second kappa shape index (κ2) is 13.0. The number of ether oxygens (including phenoxy) is 4. The van der Waals surface area contributed by atoms with Crippen LogP contribution >= 0.6 is 27.5 Å². The van der Waals surface area contributed by atoms with Crippen molar-refractivity contribution in [2.75, 3.05) is 25.8 Å². The Morgan fingerprint density at radius 3 is 2.59 bits per heavy atom. The average Bonchev–Trinajstić information content (AvgIpc) is 3.40. The van der Waals surface area contributed by atoms with Gasteiger partial charge in [-0.25, -0.2) is 5.43 Å². The predicted molar refractivity (Wildman–Crippen MR) is 146 cm³/mol. The third-order valence-corrected chi connectivity index (χ3v) is 6.04. The summed E-state index contributed by atoms with van der Waals surface area (Å²) in [6, 6.07) is 15.1. The van der Waals surface area contributed by atoms with Crippen molar-refractivity contribution in [2.45, 2.75) is 6.54 Å². The predicted octanol–water partition coefficient (Wildman–Crippen LogP) is 3.62. The fourth-order valence-corrected chi connectivity index (χ4v) is 4.05. The van der Waals surface area contributed by atoms with Crippen molar-refractivity contribution in [1.82, 2.24) is 10.7 Å². The first-order valence-corrected chi connectivity index (χ1v) is 12.5. The van der Waals surface area contributed by atoms with Gasteiger partial charge in [-0.05, 0) is 75.6 Å². The monoisotopic (exact) mass is 616 g/mol. The van der Waals surface area contributed by atoms with Crippen molar-refractivity contribution in [1.29, 1.82) is 0 Å². The molecular weight excluding hydrogens is 596 g/mol. The summed E-state index contributed by atoms with van der Waals surface area (Å²) in [7, 11) is 1.44. The molecule has 1 aliphatic heterocycles. The number of nitrogens with one attached hydrogen (secondary N) is 3. The number of amides is 3. The van der Waals surface area contributed by atoms with Crippen LogP contribution < -0.4 is 35.0 Å². The zero-order valence-electron chi connectivity index (χ0n) is 20.5. The first-order valence-electron chi connectivity index (χ1n) is 11.4. The van der Waals surface area contributed by atoms with Crippen LogP contribution in [-0.2, 0) is 20.9 Å². The number of hydrogen-bond acceptors (Lipinski definition) is 8. The first-order chi connectivity index (χ1) is 18.8. The van der Waals surface area contributed by atoms with Crippen LogP contribution in [0.2, 0.25) is 5.02 Å². The normalized spacial score (nSPS) is 11.7. The molecule has 0 saturated heterocycles. The van der Waals surface area contributed by atoms with Crippen LogP contribution in [0.4, 0.5) is 5.69 Å². The van der Waals surface area contributed by atoms with Gasteiger partial charge in [0.25, 0.3) is 5.91 Å². The van der Waals surface area contributed by atoms with Crippen LogP contribution in [0, 0.1) is 0 Å². The summed E-state index contributed by atoms with van der Waals surface area (Å²) in [5.74, 6) is -0.356. The Morgan fingerprint density at radius 2 is 1.82 bits per heavy atom. The lowest BCUT2D eigenvalue weighted by Crippen LogP contribution is -2.37. The van der Waals surface area contributed by atoms with Crippen molar-refractivity contribution in [2.24, 2.45) is 5.10 Å². The lowest BCUT2D eigenvalue weighted by Gasteiger charge is -2.13. The zero-order valence-corrected chi connectivity index (χ0v) is 22.8. The second-order valence-corrected chi connectivity index (χ2v) is 9.24. The highest BCUT2D eigenvalue weighted by atomic mass is 79.9. The fraction of sp³-hybridized carbons (Fsp3) is 0.154. The molecule has 0 fully saturated rings. The Morgan fingerprint density at radius 1 is 1.05 bits per heavy atom. The lowest BCUT2D eigenvalue weighted by atomic mass is 10.2. The number of nitrogens with zero attached hydrogens (tertiary/aromatic N) is 1. The number of carbonyl (C=O) groups excluding carboxylic acids is 3. The van der Waals surface area contributed by atoms with Gasteiger partial charge < -0.3 is 29.6 Å². The van der Waals surface area contributed by atoms with Crippen LogP contribution in [0.25, 0.3) is 0 Å². The van der Waals surface area contributed by atoms with Gasteiger partial charge in [0.15, 0.2) is 29.6 Å². The lowest BCUT2D eigenvalue weighted by molar-refractivity contribution is -0.139. The van der Waals surface area contributed by atoms with E-state index in [0.717, 1.165) is 5.56 Å². The summed E-state index contributed by atoms with van der Waals surface area (Å²) in [5.41, 5.74) is 4.02. The Kier molecular flexibility index (Phi) is 9.23. The molecule has 0 aliphatic carbocycles. The number of anilines is 1. The maximum atomic E-state index is 12.3. The van der Waals surface area contributed by atoms with Crippen LogP contribution in [0.1, 0.15) is 11.1 Å². The van der Waals surface area contributed by atoms with Gasteiger partial charge in [-0.1, -0.05) is 17.7 Å². The van der Waals surface area contributed by atoms with Crippen molar-refractivity contribution in [3.05, 3.63) is 75.2 Å². The number of benzene rings is 3. The van der Waals surface area contributed by atoms with E-state index in [2.05, 4.69) is 37.1 Å². The third kappa shape index (κ3) is 7.62. The number of hydrogen-bond donors (Lipinski definition) is 3. The van der Waals surface area contributed by atoms with Crippen molar-refractivity contribution >= 4 is 57.2 Å². The smallest absolute Gasteiger partial charge is 0.329 e. The molecular formula is C26H22BrClN4O7. The zero-order chi connectivity index (χ0) is 27.8. The van der Waals surface area contributed by atoms with Gasteiger partial charge in [0, 0.05) is 17.3 Å². The quantitative estimate of drug-likeness (QED) is 0.190. The maximum absolute atomic E-state index is 12.3. The largest absolute Gasteiger partial charge is 0.493 e. The molecule has 13 heteroatoms. The summed E-state index contributed by atoms with van der Waals surface area (Å²) in [4.78, 5) is 36.5. The van der Waals surface area contributed by atoms with Gasteiger partial charge in [0.1, 0.15) is 0 Å². The van der Waals surface area contributed by atoms with E-state index in [9.17, 15) is 14.4 Å². The third-order valence-electron chi connectivity index (χ3n) is 5.20. The Balaban J connectivity index is 1.28. The summed E-state index contributed by atoms with van der Waals surface area (Å²) < 4.78 is 22.0. The topological polar surface area (TPSA) is 137 Å². The minimum absolute atomic E-state index is 0.121. The minimum Gasteiger partial charge on any atom is -0.493 e. The van der Waals surface area contributed by atoms with Crippen LogP contribution in [-0.4, -0.2) is 44.4 Å². The molecule has 3 N–H and O–H groups in total. The van der Waals surface area contributed by atoms with E-state index in [0.29, 0.717) is 43.7 Å². The van der Waals surface area contributed by atoms with Gasteiger partial charge in [0.05, 0.1) is 17.8 Å². The van der Waals surface area contributed by atoms with Gasteiger partial charge in [-0.3, -0.25) is 14.4 Å². The average molecular weight is 618 g/mol. The highest BCUT2D eigenvalue weighted by Crippen LogP contribution is 2.36. The van der Waals surface area contributed by atoms with E-state index < -0.39 is 11.8 Å². The molecule has 0 atom stereocenters. The van der Waals surface area contributed by atoms with E-state index in [4.69, 9.17) is 30.5 Å². The van der Waals surface area contributed by atoms with E-state index >= 15 is 0 Å². The number of fused-ring (bicyclic) bond motifs is 1. The molecule has 3 amide bonds. The molecule has 1 heterocycles. The van der Waals surface area contributed by atoms with Crippen molar-refractivity contribution in [3.63, 3.8) is 0 Å². The molecule has 1 aliphatic rings. The molecule has 39 heavy (non-hydrogen) atoms. The Hall–Kier alpha value is -4.29. The van der Waals surface area contributed by atoms with E-state index in [1.54, 1.807) is 54.6 Å². The Labute approximate surface area is 236 Å². The first kappa shape index (κ1) is 27.7. The number of carbonyl (C=O) groups is 3. The summed E-state index contributed by atoms with van der Waals surface area (Å²) in [6.45, 7) is -0.00950. The molecule has 0 bridgehead atoms. The van der Waals surface area contributed by atoms with Crippen LogP contribution in [0.5, 0.6) is 23.0 Å². The van der Waals surface area contributed by atoms with Crippen LogP contribution in [0.15, 0.2) is 64.2 Å². The molecule has 202 valence electrons. The molecule has 0 radical (unpaired) electrons. The summed E-state index contributed by atoms with van der Waals surface area (Å²) >= 11 is 9.24. The molecule has 0 spiro atoms. The van der Waals surface area contributed by atoms with Gasteiger partial charge in [-0.15, -0.1) is 0 Å². The van der Waals surface area contributed by atoms with Gasteiger partial charge in [-0.2, -0.15) is 5.10 Å². The van der Waals surface area contributed by atoms with Crippen LogP contribution in [0.3, 0.4) is 0 Å². The van der Waals surface area contributed by atoms with E-state index in [1.807, 2.05) is 0 Å². The van der Waals surface area contributed by atoms with E-state index in [1.165, 1.54) is 13.3 Å². The van der Waals surface area contributed by atoms with Gasteiger partial charge >= 0.3 is 11.8 Å². The molecule has 4 rings (SSSR count). The summed E-state index contributed by atoms with van der Waals surface area (Å²) in [6.07, 6.45) is 1.33. The van der Waals surface area contributed by atoms with E-state index in [-0.39, 0.29) is 25.9 Å².